The van der Waals surface area contributed by atoms with Crippen LogP contribution in [0, 0.1) is 6.92 Å². The smallest absolute Gasteiger partial charge is 0.256 e. The van der Waals surface area contributed by atoms with E-state index >= 15 is 0 Å². The summed E-state index contributed by atoms with van der Waals surface area (Å²) in [6.07, 6.45) is 4.10. The summed E-state index contributed by atoms with van der Waals surface area (Å²) in [6.45, 7) is 7.24. The largest absolute Gasteiger partial charge is 0.376 e. The number of aromatic amines is 1. The van der Waals surface area contributed by atoms with E-state index in [1.54, 1.807) is 6.92 Å². The number of amides is 1. The molecule has 1 aliphatic heterocycles. The number of H-pyrrole nitrogens is 1. The Kier molecular flexibility index (Phi) is 5.51. The molecule has 1 amide bonds. The van der Waals surface area contributed by atoms with Crippen molar-refractivity contribution in [1.29, 1.82) is 0 Å². The molecule has 3 rings (SSSR count). The van der Waals surface area contributed by atoms with Crippen LogP contribution in [0.2, 0.25) is 0 Å². The monoisotopic (exact) mass is 368 g/mol. The van der Waals surface area contributed by atoms with Gasteiger partial charge in [0.25, 0.3) is 5.91 Å². The van der Waals surface area contributed by atoms with Gasteiger partial charge in [0, 0.05) is 36.5 Å². The average molecular weight is 368 g/mol. The van der Waals surface area contributed by atoms with Gasteiger partial charge in [-0.2, -0.15) is 0 Å². The second-order valence-electron chi connectivity index (χ2n) is 8.08. The van der Waals surface area contributed by atoms with Crippen molar-refractivity contribution in [2.45, 2.75) is 51.0 Å². The molecule has 0 saturated carbocycles. The highest BCUT2D eigenvalue weighted by Crippen LogP contribution is 2.43. The third-order valence-corrected chi connectivity index (χ3v) is 5.41. The number of carbonyl (C=O) groups excluding carboxylic acids is 1. The summed E-state index contributed by atoms with van der Waals surface area (Å²) in [5, 5.41) is 2.93. The van der Waals surface area contributed by atoms with Gasteiger partial charge in [0.15, 0.2) is 5.43 Å². The third kappa shape index (κ3) is 4.48. The van der Waals surface area contributed by atoms with Crippen LogP contribution in [0.25, 0.3) is 0 Å². The van der Waals surface area contributed by atoms with E-state index < -0.39 is 0 Å². The molecule has 0 aliphatic carbocycles. The molecule has 1 saturated heterocycles. The van der Waals surface area contributed by atoms with E-state index in [9.17, 15) is 9.59 Å². The molecule has 1 aromatic heterocycles. The lowest BCUT2D eigenvalue weighted by molar-refractivity contribution is -0.0838. The van der Waals surface area contributed by atoms with Crippen LogP contribution in [0.5, 0.6) is 0 Å². The standard InChI is InChI=1S/C22H28N2O3/c1-16-13-19(25)18(14-24-16)20(26)23-11-9-22(17-7-5-4-6-8-17)10-12-27-21(2,3)15-22/h4-8,13-14H,9-12,15H2,1-3H3,(H,23,26)(H,24,25)/t22-/m0/s1. The topological polar surface area (TPSA) is 71.2 Å². The number of nitrogens with one attached hydrogen (secondary N) is 2. The number of ether oxygens (including phenoxy) is 1. The molecule has 0 spiro atoms. The van der Waals surface area contributed by atoms with Crippen molar-refractivity contribution in [3.63, 3.8) is 0 Å². The van der Waals surface area contributed by atoms with Crippen molar-refractivity contribution in [2.24, 2.45) is 0 Å². The van der Waals surface area contributed by atoms with Crippen LogP contribution in [0.3, 0.4) is 0 Å². The molecule has 27 heavy (non-hydrogen) atoms. The molecule has 0 bridgehead atoms. The first-order valence-electron chi connectivity index (χ1n) is 9.48. The number of hydrogen-bond donors (Lipinski definition) is 2. The molecule has 0 radical (unpaired) electrons. The molecule has 144 valence electrons. The van der Waals surface area contributed by atoms with E-state index in [0.717, 1.165) is 25.0 Å². The van der Waals surface area contributed by atoms with Gasteiger partial charge in [0.1, 0.15) is 5.56 Å². The second kappa shape index (κ2) is 7.69. The Morgan fingerprint density at radius 1 is 1.26 bits per heavy atom. The van der Waals surface area contributed by atoms with Crippen molar-refractivity contribution in [3.8, 4) is 0 Å². The summed E-state index contributed by atoms with van der Waals surface area (Å²) < 4.78 is 5.93. The number of pyridine rings is 1. The Morgan fingerprint density at radius 2 is 2.00 bits per heavy atom. The zero-order chi connectivity index (χ0) is 19.5. The molecule has 5 heteroatoms. The van der Waals surface area contributed by atoms with Gasteiger partial charge >= 0.3 is 0 Å². The highest BCUT2D eigenvalue weighted by molar-refractivity contribution is 5.93. The predicted molar refractivity (Wildman–Crippen MR) is 106 cm³/mol. The van der Waals surface area contributed by atoms with E-state index in [1.807, 2.05) is 6.07 Å². The van der Waals surface area contributed by atoms with Gasteiger partial charge in [-0.25, -0.2) is 0 Å². The maximum atomic E-state index is 12.4. The Bertz CT molecular complexity index is 857. The van der Waals surface area contributed by atoms with E-state index in [2.05, 4.69) is 48.4 Å². The number of aromatic nitrogens is 1. The van der Waals surface area contributed by atoms with E-state index in [4.69, 9.17) is 4.74 Å². The zero-order valence-electron chi connectivity index (χ0n) is 16.3. The summed E-state index contributed by atoms with van der Waals surface area (Å²) in [4.78, 5) is 27.4. The molecular weight excluding hydrogens is 340 g/mol. The molecule has 0 unspecified atom stereocenters. The minimum Gasteiger partial charge on any atom is -0.376 e. The fourth-order valence-corrected chi connectivity index (χ4v) is 4.13. The molecule has 5 nitrogen and oxygen atoms in total. The van der Waals surface area contributed by atoms with Crippen molar-refractivity contribution in [2.75, 3.05) is 13.2 Å². The van der Waals surface area contributed by atoms with Crippen LogP contribution in [-0.4, -0.2) is 29.6 Å². The Hall–Kier alpha value is -2.40. The molecule has 1 atom stereocenters. The number of carbonyl (C=O) groups is 1. The Morgan fingerprint density at radius 3 is 2.67 bits per heavy atom. The highest BCUT2D eigenvalue weighted by atomic mass is 16.5. The van der Waals surface area contributed by atoms with Crippen LogP contribution < -0.4 is 10.7 Å². The molecule has 2 N–H and O–H groups in total. The number of benzene rings is 1. The summed E-state index contributed by atoms with van der Waals surface area (Å²) in [5.41, 5.74) is 1.67. The van der Waals surface area contributed by atoms with Gasteiger partial charge in [-0.15, -0.1) is 0 Å². The van der Waals surface area contributed by atoms with Gasteiger partial charge in [0.2, 0.25) is 0 Å². The SMILES string of the molecule is Cc1cc(=O)c(C(=O)NCC[C@]2(c3ccccc3)CCOC(C)(C)C2)c[nH]1. The molecule has 2 heterocycles. The maximum Gasteiger partial charge on any atom is 0.256 e. The van der Waals surface area contributed by atoms with E-state index in [-0.39, 0.29) is 27.9 Å². The van der Waals surface area contributed by atoms with Crippen molar-refractivity contribution in [3.05, 3.63) is 69.6 Å². The van der Waals surface area contributed by atoms with Crippen LogP contribution in [0.15, 0.2) is 47.4 Å². The third-order valence-electron chi connectivity index (χ3n) is 5.41. The van der Waals surface area contributed by atoms with Gasteiger partial charge in [-0.1, -0.05) is 30.3 Å². The van der Waals surface area contributed by atoms with Crippen molar-refractivity contribution in [1.82, 2.24) is 10.3 Å². The minimum atomic E-state index is -0.328. The lowest BCUT2D eigenvalue weighted by Gasteiger charge is -2.45. The minimum absolute atomic E-state index is 0.0456. The first kappa shape index (κ1) is 19.4. The number of aryl methyl sites for hydroxylation is 1. The molecule has 1 fully saturated rings. The van der Waals surface area contributed by atoms with Gasteiger partial charge < -0.3 is 15.0 Å². The summed E-state index contributed by atoms with van der Waals surface area (Å²) in [6, 6.07) is 11.9. The van der Waals surface area contributed by atoms with Gasteiger partial charge in [-0.05, 0) is 45.6 Å². The second-order valence-corrected chi connectivity index (χ2v) is 8.08. The quantitative estimate of drug-likeness (QED) is 0.850. The maximum absolute atomic E-state index is 12.4. The predicted octanol–water partition coefficient (Wildman–Crippen LogP) is 3.33. The average Bonchev–Trinajstić information content (AvgIpc) is 2.61. The molecule has 1 aromatic carbocycles. The Labute approximate surface area is 160 Å². The fourth-order valence-electron chi connectivity index (χ4n) is 4.13. The number of rotatable bonds is 5. The van der Waals surface area contributed by atoms with Crippen LogP contribution in [-0.2, 0) is 10.2 Å². The van der Waals surface area contributed by atoms with Crippen LogP contribution >= 0.6 is 0 Å². The lowest BCUT2D eigenvalue weighted by atomic mass is 9.67. The van der Waals surface area contributed by atoms with Crippen molar-refractivity contribution < 1.29 is 9.53 Å². The Balaban J connectivity index is 1.74. The van der Waals surface area contributed by atoms with Crippen molar-refractivity contribution >= 4 is 5.91 Å². The zero-order valence-corrected chi connectivity index (χ0v) is 16.3. The normalized spacial score (nSPS) is 21.6. The number of hydrogen-bond acceptors (Lipinski definition) is 3. The first-order valence-corrected chi connectivity index (χ1v) is 9.48. The first-order chi connectivity index (χ1) is 12.8. The lowest BCUT2D eigenvalue weighted by Crippen LogP contribution is -2.45. The van der Waals surface area contributed by atoms with Crippen LogP contribution in [0.1, 0.15) is 54.7 Å². The van der Waals surface area contributed by atoms with Gasteiger partial charge in [0.05, 0.1) is 5.60 Å². The molecular formula is C22H28N2O3. The highest BCUT2D eigenvalue weighted by Gasteiger charge is 2.41. The fraction of sp³-hybridized carbons (Fsp3) is 0.455. The van der Waals surface area contributed by atoms with E-state index in [1.165, 1.54) is 17.8 Å². The summed E-state index contributed by atoms with van der Waals surface area (Å²) in [7, 11) is 0. The van der Waals surface area contributed by atoms with Crippen LogP contribution in [0.4, 0.5) is 0 Å². The molecule has 2 aromatic rings. The molecule has 1 aliphatic rings. The van der Waals surface area contributed by atoms with E-state index in [0.29, 0.717) is 13.2 Å². The van der Waals surface area contributed by atoms with Gasteiger partial charge in [-0.3, -0.25) is 9.59 Å². The summed E-state index contributed by atoms with van der Waals surface area (Å²) in [5.74, 6) is -0.328. The summed E-state index contributed by atoms with van der Waals surface area (Å²) >= 11 is 0.